The van der Waals surface area contributed by atoms with Gasteiger partial charge in [0.1, 0.15) is 17.0 Å². The lowest BCUT2D eigenvalue weighted by Gasteiger charge is -2.00. The molecule has 0 saturated carbocycles. The van der Waals surface area contributed by atoms with Crippen molar-refractivity contribution in [3.05, 3.63) is 48.2 Å². The fourth-order valence-corrected chi connectivity index (χ4v) is 1.82. The Hall–Kier alpha value is -2.29. The summed E-state index contributed by atoms with van der Waals surface area (Å²) in [5, 5.41) is 9.49. The molecular formula is C14H11NO2. The third-order valence-corrected chi connectivity index (χ3v) is 2.77. The topological polar surface area (TPSA) is 46.3 Å². The maximum absolute atomic E-state index is 9.49. The van der Waals surface area contributed by atoms with Crippen LogP contribution in [0.3, 0.4) is 0 Å². The first-order valence-electron chi connectivity index (χ1n) is 5.38. The lowest BCUT2D eigenvalue weighted by molar-refractivity contribution is 0.471. The molecule has 1 N–H and O–H groups in total. The van der Waals surface area contributed by atoms with Crippen molar-refractivity contribution in [2.75, 3.05) is 0 Å². The van der Waals surface area contributed by atoms with E-state index in [1.165, 1.54) is 0 Å². The Morgan fingerprint density at radius 2 is 2.06 bits per heavy atom. The van der Waals surface area contributed by atoms with E-state index < -0.39 is 0 Å². The number of phenolic OH excluding ortho intramolecular Hbond substituents is 1. The summed E-state index contributed by atoms with van der Waals surface area (Å²) in [6, 6.07) is 11.0. The van der Waals surface area contributed by atoms with E-state index in [4.69, 9.17) is 4.42 Å². The van der Waals surface area contributed by atoms with Crippen molar-refractivity contribution in [2.45, 2.75) is 6.92 Å². The SMILES string of the molecule is Cc1cc(-c2cc3ncccc3o2)ccc1O. The van der Waals surface area contributed by atoms with Crippen LogP contribution in [-0.2, 0) is 0 Å². The normalized spacial score (nSPS) is 10.9. The fraction of sp³-hybridized carbons (Fsp3) is 0.0714. The molecule has 0 amide bonds. The molecule has 3 heteroatoms. The number of aryl methyl sites for hydroxylation is 1. The van der Waals surface area contributed by atoms with Crippen molar-refractivity contribution >= 4 is 11.1 Å². The molecule has 0 aliphatic heterocycles. The Morgan fingerprint density at radius 3 is 2.82 bits per heavy atom. The predicted octanol–water partition coefficient (Wildman–Crippen LogP) is 3.51. The molecular weight excluding hydrogens is 214 g/mol. The van der Waals surface area contributed by atoms with E-state index in [1.807, 2.05) is 37.3 Å². The first kappa shape index (κ1) is 9.90. The summed E-state index contributed by atoms with van der Waals surface area (Å²) in [6.07, 6.45) is 1.74. The number of aromatic hydroxyl groups is 1. The molecule has 2 aromatic heterocycles. The van der Waals surface area contributed by atoms with E-state index in [0.717, 1.165) is 28.0 Å². The van der Waals surface area contributed by atoms with Crippen LogP contribution in [0, 0.1) is 6.92 Å². The molecule has 3 rings (SSSR count). The molecule has 0 radical (unpaired) electrons. The van der Waals surface area contributed by atoms with Crippen molar-refractivity contribution in [3.8, 4) is 17.1 Å². The zero-order valence-corrected chi connectivity index (χ0v) is 9.34. The summed E-state index contributed by atoms with van der Waals surface area (Å²) in [4.78, 5) is 4.22. The Labute approximate surface area is 98.3 Å². The summed E-state index contributed by atoms with van der Waals surface area (Å²) in [5.74, 6) is 1.06. The summed E-state index contributed by atoms with van der Waals surface area (Å²) in [7, 11) is 0. The van der Waals surface area contributed by atoms with Crippen LogP contribution >= 0.6 is 0 Å². The highest BCUT2D eigenvalue weighted by atomic mass is 16.3. The second-order valence-electron chi connectivity index (χ2n) is 4.00. The van der Waals surface area contributed by atoms with Gasteiger partial charge in [-0.3, -0.25) is 4.98 Å². The molecule has 3 aromatic rings. The molecule has 0 spiro atoms. The third-order valence-electron chi connectivity index (χ3n) is 2.77. The van der Waals surface area contributed by atoms with Gasteiger partial charge in [0.05, 0.1) is 0 Å². The van der Waals surface area contributed by atoms with E-state index in [9.17, 15) is 5.11 Å². The maximum atomic E-state index is 9.49. The Bertz CT molecular complexity index is 653. The molecule has 84 valence electrons. The van der Waals surface area contributed by atoms with Gasteiger partial charge in [-0.15, -0.1) is 0 Å². The standard InChI is InChI=1S/C14H11NO2/c1-9-7-10(4-5-12(9)16)14-8-11-13(17-14)3-2-6-15-11/h2-8,16H,1H3. The molecule has 0 atom stereocenters. The minimum atomic E-state index is 0.294. The van der Waals surface area contributed by atoms with Gasteiger partial charge in [0.15, 0.2) is 5.58 Å². The number of furan rings is 1. The molecule has 0 saturated heterocycles. The quantitative estimate of drug-likeness (QED) is 0.689. The van der Waals surface area contributed by atoms with Gasteiger partial charge in [-0.05, 0) is 42.8 Å². The van der Waals surface area contributed by atoms with E-state index in [2.05, 4.69) is 4.98 Å². The van der Waals surface area contributed by atoms with Crippen LogP contribution in [-0.4, -0.2) is 10.1 Å². The van der Waals surface area contributed by atoms with Gasteiger partial charge in [-0.1, -0.05) is 0 Å². The largest absolute Gasteiger partial charge is 0.508 e. The number of benzene rings is 1. The molecule has 0 fully saturated rings. The van der Waals surface area contributed by atoms with E-state index in [0.29, 0.717) is 5.75 Å². The summed E-state index contributed by atoms with van der Waals surface area (Å²) < 4.78 is 5.70. The van der Waals surface area contributed by atoms with Crippen LogP contribution in [0.1, 0.15) is 5.56 Å². The van der Waals surface area contributed by atoms with Gasteiger partial charge in [-0.2, -0.15) is 0 Å². The van der Waals surface area contributed by atoms with E-state index in [1.54, 1.807) is 12.3 Å². The van der Waals surface area contributed by atoms with Crippen LogP contribution in [0.2, 0.25) is 0 Å². The average molecular weight is 225 g/mol. The number of hydrogen-bond acceptors (Lipinski definition) is 3. The first-order valence-corrected chi connectivity index (χ1v) is 5.38. The van der Waals surface area contributed by atoms with Crippen LogP contribution in [0.25, 0.3) is 22.4 Å². The van der Waals surface area contributed by atoms with Crippen molar-refractivity contribution in [2.24, 2.45) is 0 Å². The number of pyridine rings is 1. The van der Waals surface area contributed by atoms with Crippen LogP contribution in [0.5, 0.6) is 5.75 Å². The third kappa shape index (κ3) is 1.65. The predicted molar refractivity (Wildman–Crippen MR) is 65.8 cm³/mol. The minimum Gasteiger partial charge on any atom is -0.508 e. The van der Waals surface area contributed by atoms with Gasteiger partial charge in [0.25, 0.3) is 0 Å². The second kappa shape index (κ2) is 3.63. The lowest BCUT2D eigenvalue weighted by atomic mass is 10.1. The molecule has 17 heavy (non-hydrogen) atoms. The smallest absolute Gasteiger partial charge is 0.153 e. The number of rotatable bonds is 1. The van der Waals surface area contributed by atoms with Crippen LogP contribution in [0.15, 0.2) is 47.0 Å². The summed E-state index contributed by atoms with van der Waals surface area (Å²) in [6.45, 7) is 1.86. The summed E-state index contributed by atoms with van der Waals surface area (Å²) >= 11 is 0. The molecule has 1 aromatic carbocycles. The van der Waals surface area contributed by atoms with Crippen molar-refractivity contribution in [3.63, 3.8) is 0 Å². The number of nitrogens with zero attached hydrogens (tertiary/aromatic N) is 1. The first-order chi connectivity index (χ1) is 8.24. The fourth-order valence-electron chi connectivity index (χ4n) is 1.82. The maximum Gasteiger partial charge on any atom is 0.153 e. The highest BCUT2D eigenvalue weighted by Gasteiger charge is 2.07. The molecule has 0 bridgehead atoms. The van der Waals surface area contributed by atoms with Gasteiger partial charge in [-0.25, -0.2) is 0 Å². The average Bonchev–Trinajstić information content (AvgIpc) is 2.76. The van der Waals surface area contributed by atoms with Crippen molar-refractivity contribution in [1.29, 1.82) is 0 Å². The lowest BCUT2D eigenvalue weighted by Crippen LogP contribution is -1.77. The Morgan fingerprint density at radius 1 is 1.18 bits per heavy atom. The number of aromatic nitrogens is 1. The van der Waals surface area contributed by atoms with Crippen LogP contribution < -0.4 is 0 Å². The Kier molecular flexibility index (Phi) is 2.11. The molecule has 0 aliphatic rings. The molecule has 3 nitrogen and oxygen atoms in total. The van der Waals surface area contributed by atoms with Gasteiger partial charge >= 0.3 is 0 Å². The van der Waals surface area contributed by atoms with Gasteiger partial charge in [0, 0.05) is 17.8 Å². The minimum absolute atomic E-state index is 0.294. The Balaban J connectivity index is 2.17. The number of hydrogen-bond donors (Lipinski definition) is 1. The van der Waals surface area contributed by atoms with Gasteiger partial charge < -0.3 is 9.52 Å². The highest BCUT2D eigenvalue weighted by molar-refractivity contribution is 5.79. The molecule has 2 heterocycles. The second-order valence-corrected chi connectivity index (χ2v) is 4.00. The van der Waals surface area contributed by atoms with E-state index >= 15 is 0 Å². The molecule has 0 unspecified atom stereocenters. The monoisotopic (exact) mass is 225 g/mol. The highest BCUT2D eigenvalue weighted by Crippen LogP contribution is 2.29. The zero-order chi connectivity index (χ0) is 11.8. The number of phenols is 1. The zero-order valence-electron chi connectivity index (χ0n) is 9.34. The van der Waals surface area contributed by atoms with E-state index in [-0.39, 0.29) is 0 Å². The molecule has 0 aliphatic carbocycles. The van der Waals surface area contributed by atoms with Crippen molar-refractivity contribution in [1.82, 2.24) is 4.98 Å². The number of fused-ring (bicyclic) bond motifs is 1. The van der Waals surface area contributed by atoms with Crippen molar-refractivity contribution < 1.29 is 9.52 Å². The van der Waals surface area contributed by atoms with Crippen LogP contribution in [0.4, 0.5) is 0 Å². The van der Waals surface area contributed by atoms with Gasteiger partial charge in [0.2, 0.25) is 0 Å². The summed E-state index contributed by atoms with van der Waals surface area (Å²) in [5.41, 5.74) is 3.38.